The smallest absolute Gasteiger partial charge is 0.408 e. The van der Waals surface area contributed by atoms with Crippen LogP contribution >= 0.6 is 12.6 Å². The van der Waals surface area contributed by atoms with Crippen LogP contribution in [0.15, 0.2) is 60.7 Å². The lowest BCUT2D eigenvalue weighted by atomic mass is 9.96. The largest absolute Gasteiger partial charge is 0.444 e. The average molecular weight is 552 g/mol. The molecule has 0 bridgehead atoms. The van der Waals surface area contributed by atoms with Gasteiger partial charge in [0.15, 0.2) is 0 Å². The molecule has 3 rings (SSSR count). The number of aryl methyl sites for hydroxylation is 2. The van der Waals surface area contributed by atoms with Gasteiger partial charge in [0.25, 0.3) is 5.91 Å². The summed E-state index contributed by atoms with van der Waals surface area (Å²) in [5, 5.41) is 17.4. The summed E-state index contributed by atoms with van der Waals surface area (Å²) in [7, 11) is 0. The summed E-state index contributed by atoms with van der Waals surface area (Å²) >= 11 is 4.28. The number of thiol groups is 1. The number of aliphatic hydroxyl groups excluding tert-OH is 1. The molecule has 39 heavy (non-hydrogen) atoms. The van der Waals surface area contributed by atoms with Gasteiger partial charge in [0.2, 0.25) is 5.91 Å². The van der Waals surface area contributed by atoms with E-state index in [1.54, 1.807) is 26.8 Å². The van der Waals surface area contributed by atoms with E-state index in [1.165, 1.54) is 4.90 Å². The van der Waals surface area contributed by atoms with E-state index in [4.69, 9.17) is 4.74 Å². The molecule has 0 fully saturated rings. The number of rotatable bonds is 9. The van der Waals surface area contributed by atoms with Gasteiger partial charge in [-0.25, -0.2) is 4.79 Å². The molecule has 2 atom stereocenters. The molecule has 0 aromatic heterocycles. The second-order valence-electron chi connectivity index (χ2n) is 10.5. The maximum atomic E-state index is 13.9. The van der Waals surface area contributed by atoms with Crippen molar-refractivity contribution in [3.8, 4) is 0 Å². The van der Waals surface area contributed by atoms with Crippen LogP contribution in [0.5, 0.6) is 0 Å². The van der Waals surface area contributed by atoms with Crippen molar-refractivity contribution in [2.75, 3.05) is 24.2 Å². The minimum absolute atomic E-state index is 0.0358. The van der Waals surface area contributed by atoms with E-state index in [0.29, 0.717) is 11.3 Å². The minimum Gasteiger partial charge on any atom is -0.444 e. The fourth-order valence-electron chi connectivity index (χ4n) is 4.37. The third-order valence-corrected chi connectivity index (χ3v) is 6.46. The number of amides is 3. The second-order valence-corrected chi connectivity index (χ2v) is 10.8. The number of benzene rings is 3. The van der Waals surface area contributed by atoms with Crippen LogP contribution in [0.1, 0.15) is 43.5 Å². The molecule has 9 heteroatoms. The van der Waals surface area contributed by atoms with Gasteiger partial charge in [-0.1, -0.05) is 54.1 Å². The van der Waals surface area contributed by atoms with Gasteiger partial charge in [-0.2, -0.15) is 12.6 Å². The van der Waals surface area contributed by atoms with Crippen LogP contribution in [0.3, 0.4) is 0 Å². The predicted molar refractivity (Wildman–Crippen MR) is 157 cm³/mol. The molecular weight excluding hydrogens is 514 g/mol. The molecule has 0 saturated heterocycles. The molecule has 3 amide bonds. The molecule has 2 unspecified atom stereocenters. The van der Waals surface area contributed by atoms with Crippen molar-refractivity contribution in [3.63, 3.8) is 0 Å². The Labute approximate surface area is 235 Å². The quantitative estimate of drug-likeness (QED) is 0.286. The fourth-order valence-corrected chi connectivity index (χ4v) is 4.62. The lowest BCUT2D eigenvalue weighted by Gasteiger charge is -2.34. The third-order valence-electron chi connectivity index (χ3n) is 6.09. The summed E-state index contributed by atoms with van der Waals surface area (Å²) in [5.41, 5.74) is 2.23. The molecule has 208 valence electrons. The lowest BCUT2D eigenvalue weighted by molar-refractivity contribution is -0.140. The summed E-state index contributed by atoms with van der Waals surface area (Å²) in [4.78, 5) is 41.5. The van der Waals surface area contributed by atoms with Gasteiger partial charge in [0.05, 0.1) is 6.61 Å². The number of fused-ring (bicyclic) bond motifs is 1. The van der Waals surface area contributed by atoms with Crippen molar-refractivity contribution in [2.24, 2.45) is 0 Å². The van der Waals surface area contributed by atoms with Crippen LogP contribution in [-0.2, 0) is 14.3 Å². The first-order chi connectivity index (χ1) is 18.4. The van der Waals surface area contributed by atoms with E-state index in [-0.39, 0.29) is 18.9 Å². The SMILES string of the molecule is Cc1ccc(C(C(=O)Nc2ccc3ccccc3c2)N(CCO)C(=O)C(CS)NC(=O)OC(C)(C)C)c(C)c1. The summed E-state index contributed by atoms with van der Waals surface area (Å²) < 4.78 is 5.32. The Morgan fingerprint density at radius 3 is 2.31 bits per heavy atom. The van der Waals surface area contributed by atoms with Gasteiger partial charge < -0.3 is 25.4 Å². The molecule has 0 saturated carbocycles. The average Bonchev–Trinajstić information content (AvgIpc) is 2.86. The molecule has 0 heterocycles. The predicted octanol–water partition coefficient (Wildman–Crippen LogP) is 4.78. The van der Waals surface area contributed by atoms with Gasteiger partial charge in [-0.05, 0) is 68.7 Å². The Hall–Kier alpha value is -3.56. The van der Waals surface area contributed by atoms with Gasteiger partial charge in [0, 0.05) is 18.0 Å². The molecule has 0 spiro atoms. The molecule has 3 aromatic rings. The number of nitrogens with zero attached hydrogens (tertiary/aromatic N) is 1. The van der Waals surface area contributed by atoms with Crippen LogP contribution in [-0.4, -0.2) is 58.5 Å². The van der Waals surface area contributed by atoms with Crippen LogP contribution in [0.2, 0.25) is 0 Å². The van der Waals surface area contributed by atoms with E-state index < -0.39 is 35.6 Å². The zero-order chi connectivity index (χ0) is 28.7. The summed E-state index contributed by atoms with van der Waals surface area (Å²) in [5.74, 6) is -1.05. The minimum atomic E-state index is -1.09. The highest BCUT2D eigenvalue weighted by atomic mass is 32.1. The Morgan fingerprint density at radius 1 is 1.00 bits per heavy atom. The molecule has 0 aliphatic carbocycles. The van der Waals surface area contributed by atoms with E-state index >= 15 is 0 Å². The summed E-state index contributed by atoms with van der Waals surface area (Å²) in [6.45, 7) is 8.44. The maximum Gasteiger partial charge on any atom is 0.408 e. The molecule has 8 nitrogen and oxygen atoms in total. The highest BCUT2D eigenvalue weighted by molar-refractivity contribution is 7.80. The van der Waals surface area contributed by atoms with Gasteiger partial charge in [0.1, 0.15) is 17.7 Å². The van der Waals surface area contributed by atoms with Crippen LogP contribution in [0.4, 0.5) is 10.5 Å². The van der Waals surface area contributed by atoms with Crippen molar-refractivity contribution in [2.45, 2.75) is 52.3 Å². The monoisotopic (exact) mass is 551 g/mol. The van der Waals surface area contributed by atoms with Crippen LogP contribution in [0, 0.1) is 13.8 Å². The van der Waals surface area contributed by atoms with E-state index in [0.717, 1.165) is 21.9 Å². The highest BCUT2D eigenvalue weighted by Crippen LogP contribution is 2.28. The second kappa shape index (κ2) is 13.0. The Balaban J connectivity index is 2.00. The highest BCUT2D eigenvalue weighted by Gasteiger charge is 2.36. The number of carbonyl (C=O) groups excluding carboxylic acids is 3. The standard InChI is InChI=1S/C30H37N3O5S/c1-19-10-13-24(20(2)16-19)26(27(35)31-23-12-11-21-8-6-7-9-22(21)17-23)33(14-15-34)28(36)25(18-39)32-29(37)38-30(3,4)5/h6-13,16-17,25-26,34,39H,14-15,18H2,1-5H3,(H,31,35)(H,32,37). The number of ether oxygens (including phenoxy) is 1. The number of alkyl carbamates (subject to hydrolysis) is 1. The third kappa shape index (κ3) is 7.97. The molecule has 0 radical (unpaired) electrons. The maximum absolute atomic E-state index is 13.9. The molecule has 0 aliphatic rings. The number of hydrogen-bond acceptors (Lipinski definition) is 6. The number of hydrogen-bond donors (Lipinski definition) is 4. The topological polar surface area (TPSA) is 108 Å². The molecule has 0 aliphatic heterocycles. The zero-order valence-electron chi connectivity index (χ0n) is 23.0. The van der Waals surface area contributed by atoms with E-state index in [2.05, 4.69) is 23.3 Å². The summed E-state index contributed by atoms with van der Waals surface area (Å²) in [6, 6.07) is 16.8. The fraction of sp³-hybridized carbons (Fsp3) is 0.367. The number of anilines is 1. The first-order valence-corrected chi connectivity index (χ1v) is 13.4. The van der Waals surface area contributed by atoms with Crippen LogP contribution < -0.4 is 10.6 Å². The molecule has 3 N–H and O–H groups in total. The first kappa shape index (κ1) is 30.0. The summed E-state index contributed by atoms with van der Waals surface area (Å²) in [6.07, 6.45) is -0.775. The zero-order valence-corrected chi connectivity index (χ0v) is 23.9. The number of nitrogens with one attached hydrogen (secondary N) is 2. The van der Waals surface area contributed by atoms with Gasteiger partial charge in [-0.3, -0.25) is 9.59 Å². The van der Waals surface area contributed by atoms with E-state index in [1.807, 2.05) is 68.4 Å². The van der Waals surface area contributed by atoms with Gasteiger partial charge in [-0.15, -0.1) is 0 Å². The lowest BCUT2D eigenvalue weighted by Crippen LogP contribution is -2.54. The molecule has 3 aromatic carbocycles. The van der Waals surface area contributed by atoms with Crippen molar-refractivity contribution in [1.29, 1.82) is 0 Å². The van der Waals surface area contributed by atoms with Crippen molar-refractivity contribution in [1.82, 2.24) is 10.2 Å². The van der Waals surface area contributed by atoms with E-state index in [9.17, 15) is 19.5 Å². The number of carbonyl (C=O) groups is 3. The Morgan fingerprint density at radius 2 is 1.69 bits per heavy atom. The van der Waals surface area contributed by atoms with Gasteiger partial charge >= 0.3 is 6.09 Å². The normalized spacial score (nSPS) is 12.9. The number of aliphatic hydroxyl groups is 1. The van der Waals surface area contributed by atoms with Crippen molar-refractivity contribution < 1.29 is 24.2 Å². The molecular formula is C30H37N3O5S. The van der Waals surface area contributed by atoms with Crippen LogP contribution in [0.25, 0.3) is 10.8 Å². The first-order valence-electron chi connectivity index (χ1n) is 12.8. The Bertz CT molecular complexity index is 1340. The van der Waals surface area contributed by atoms with Crippen molar-refractivity contribution in [3.05, 3.63) is 77.4 Å². The Kier molecular flexibility index (Phi) is 9.99. The van der Waals surface area contributed by atoms with Crippen molar-refractivity contribution >= 4 is 47.0 Å².